The molecule has 0 heterocycles. The molecule has 0 aromatic rings. The highest BCUT2D eigenvalue weighted by Crippen LogP contribution is 2.77. The zero-order valence-corrected chi connectivity index (χ0v) is 6.14. The normalized spacial score (nSPS) is 61.7. The summed E-state index contributed by atoms with van der Waals surface area (Å²) < 4.78 is 0. The molecule has 3 aliphatic carbocycles. The van der Waals surface area contributed by atoms with Crippen molar-refractivity contribution in [2.24, 2.45) is 23.2 Å². The van der Waals surface area contributed by atoms with Crippen LogP contribution in [0.15, 0.2) is 0 Å². The van der Waals surface area contributed by atoms with Crippen molar-refractivity contribution in [2.45, 2.75) is 25.7 Å². The Morgan fingerprint density at radius 3 is 2.80 bits per heavy atom. The van der Waals surface area contributed by atoms with Gasteiger partial charge in [-0.25, -0.2) is 0 Å². The molecule has 0 heteroatoms. The van der Waals surface area contributed by atoms with Crippen LogP contribution in [0.5, 0.6) is 0 Å². The van der Waals surface area contributed by atoms with Gasteiger partial charge in [-0.05, 0) is 42.9 Å². The van der Waals surface area contributed by atoms with Crippen LogP contribution in [-0.2, 0) is 0 Å². The van der Waals surface area contributed by atoms with Crippen LogP contribution in [0.2, 0.25) is 0 Å². The van der Waals surface area contributed by atoms with E-state index in [2.05, 4.69) is 5.92 Å². The Labute approximate surface area is 62.0 Å². The molecule has 0 aromatic carbocycles. The van der Waals surface area contributed by atoms with Gasteiger partial charge < -0.3 is 0 Å². The summed E-state index contributed by atoms with van der Waals surface area (Å²) in [6.45, 7) is 0. The quantitative estimate of drug-likeness (QED) is 0.442. The third-order valence-corrected chi connectivity index (χ3v) is 4.14. The molecule has 1 spiro atoms. The first-order valence-electron chi connectivity index (χ1n) is 4.33. The molecule has 3 rings (SSSR count). The van der Waals surface area contributed by atoms with Crippen LogP contribution in [0.4, 0.5) is 0 Å². The molecule has 0 N–H and O–H groups in total. The van der Waals surface area contributed by atoms with E-state index in [1.165, 1.54) is 25.7 Å². The summed E-state index contributed by atoms with van der Waals surface area (Å²) in [6, 6.07) is 0. The Kier molecular flexibility index (Phi) is 0.670. The van der Waals surface area contributed by atoms with Gasteiger partial charge in [-0.15, -0.1) is 12.3 Å². The van der Waals surface area contributed by atoms with Crippen molar-refractivity contribution in [3.8, 4) is 12.3 Å². The van der Waals surface area contributed by atoms with Crippen molar-refractivity contribution in [1.29, 1.82) is 0 Å². The van der Waals surface area contributed by atoms with Gasteiger partial charge >= 0.3 is 0 Å². The van der Waals surface area contributed by atoms with Gasteiger partial charge in [0.1, 0.15) is 0 Å². The Morgan fingerprint density at radius 2 is 2.20 bits per heavy atom. The lowest BCUT2D eigenvalue weighted by atomic mass is 9.63. The summed E-state index contributed by atoms with van der Waals surface area (Å²) in [6.07, 6.45) is 11.2. The predicted molar refractivity (Wildman–Crippen MR) is 40.2 cm³/mol. The van der Waals surface area contributed by atoms with Gasteiger partial charge in [0.25, 0.3) is 0 Å². The third kappa shape index (κ3) is 0.348. The smallest absolute Gasteiger partial charge is 0.0239 e. The standard InChI is InChI=1S/C10H12/c1-2-7-5-10-6-8(10)3-4-9(7)10/h1,7-9H,3-6H2. The fourth-order valence-electron chi connectivity index (χ4n) is 3.48. The minimum absolute atomic E-state index is 0.674. The Bertz CT molecular complexity index is 221. The second-order valence-corrected chi connectivity index (χ2v) is 4.30. The van der Waals surface area contributed by atoms with Crippen LogP contribution in [0, 0.1) is 35.5 Å². The lowest BCUT2D eigenvalue weighted by Gasteiger charge is -2.40. The van der Waals surface area contributed by atoms with Crippen LogP contribution in [0.1, 0.15) is 25.7 Å². The maximum atomic E-state index is 5.42. The molecule has 0 amide bonds. The fourth-order valence-corrected chi connectivity index (χ4v) is 3.48. The summed E-state index contributed by atoms with van der Waals surface area (Å²) in [5, 5.41) is 0. The lowest BCUT2D eigenvalue weighted by Crippen LogP contribution is -2.35. The molecule has 0 saturated heterocycles. The van der Waals surface area contributed by atoms with E-state index in [1.807, 2.05) is 0 Å². The zero-order chi connectivity index (χ0) is 6.77. The van der Waals surface area contributed by atoms with Gasteiger partial charge in [-0.3, -0.25) is 0 Å². The largest absolute Gasteiger partial charge is 0.120 e. The molecular weight excluding hydrogens is 120 g/mol. The van der Waals surface area contributed by atoms with Crippen molar-refractivity contribution in [1.82, 2.24) is 0 Å². The summed E-state index contributed by atoms with van der Waals surface area (Å²) in [7, 11) is 0. The van der Waals surface area contributed by atoms with E-state index in [9.17, 15) is 0 Å². The van der Waals surface area contributed by atoms with E-state index >= 15 is 0 Å². The van der Waals surface area contributed by atoms with E-state index < -0.39 is 0 Å². The molecule has 3 fully saturated rings. The third-order valence-electron chi connectivity index (χ3n) is 4.14. The van der Waals surface area contributed by atoms with Crippen molar-refractivity contribution >= 4 is 0 Å². The highest BCUT2D eigenvalue weighted by Gasteiger charge is 2.70. The average Bonchev–Trinajstić information content (AvgIpc) is 2.55. The molecule has 0 bridgehead atoms. The first-order chi connectivity index (χ1) is 4.87. The van der Waals surface area contributed by atoms with Crippen LogP contribution in [0.25, 0.3) is 0 Å². The average molecular weight is 132 g/mol. The van der Waals surface area contributed by atoms with E-state index in [-0.39, 0.29) is 0 Å². The minimum Gasteiger partial charge on any atom is -0.120 e. The van der Waals surface area contributed by atoms with Crippen LogP contribution < -0.4 is 0 Å². The molecule has 10 heavy (non-hydrogen) atoms. The Morgan fingerprint density at radius 1 is 1.30 bits per heavy atom. The van der Waals surface area contributed by atoms with Crippen molar-refractivity contribution in [3.63, 3.8) is 0 Å². The highest BCUT2D eigenvalue weighted by atomic mass is 14.7. The number of hydrogen-bond acceptors (Lipinski definition) is 0. The summed E-state index contributed by atoms with van der Waals surface area (Å²) in [5.74, 6) is 5.67. The van der Waals surface area contributed by atoms with Crippen molar-refractivity contribution in [3.05, 3.63) is 0 Å². The summed E-state index contributed by atoms with van der Waals surface area (Å²) in [5.41, 5.74) is 0.830. The first kappa shape index (κ1) is 5.24. The van der Waals surface area contributed by atoms with Gasteiger partial charge in [0.15, 0.2) is 0 Å². The molecule has 0 nitrogen and oxygen atoms in total. The second-order valence-electron chi connectivity index (χ2n) is 4.30. The van der Waals surface area contributed by atoms with Crippen LogP contribution >= 0.6 is 0 Å². The molecule has 3 aliphatic rings. The maximum absolute atomic E-state index is 5.42. The molecule has 4 unspecified atom stereocenters. The number of terminal acetylenes is 1. The van der Waals surface area contributed by atoms with E-state index in [0.717, 1.165) is 17.3 Å². The topological polar surface area (TPSA) is 0 Å². The summed E-state index contributed by atoms with van der Waals surface area (Å²) in [4.78, 5) is 0. The highest BCUT2D eigenvalue weighted by molar-refractivity contribution is 5.24. The van der Waals surface area contributed by atoms with Gasteiger partial charge in [0.2, 0.25) is 0 Å². The molecule has 0 aliphatic heterocycles. The van der Waals surface area contributed by atoms with E-state index in [1.54, 1.807) is 0 Å². The lowest BCUT2D eigenvalue weighted by molar-refractivity contribution is 0.105. The minimum atomic E-state index is 0.674. The van der Waals surface area contributed by atoms with Gasteiger partial charge in [-0.2, -0.15) is 0 Å². The molecule has 0 radical (unpaired) electrons. The molecule has 52 valence electrons. The maximum Gasteiger partial charge on any atom is 0.0239 e. The van der Waals surface area contributed by atoms with Gasteiger partial charge in [0, 0.05) is 5.92 Å². The van der Waals surface area contributed by atoms with Crippen molar-refractivity contribution < 1.29 is 0 Å². The SMILES string of the molecule is C#CC1CC23CC2CCC13. The molecular formula is C10H12. The number of hydrogen-bond donors (Lipinski definition) is 0. The second kappa shape index (κ2) is 1.28. The predicted octanol–water partition coefficient (Wildman–Crippen LogP) is 2.06. The fraction of sp³-hybridized carbons (Fsp3) is 0.800. The zero-order valence-electron chi connectivity index (χ0n) is 6.14. The Hall–Kier alpha value is -0.440. The van der Waals surface area contributed by atoms with Gasteiger partial charge in [-0.1, -0.05) is 0 Å². The van der Waals surface area contributed by atoms with E-state index in [0.29, 0.717) is 5.92 Å². The monoisotopic (exact) mass is 132 g/mol. The number of rotatable bonds is 0. The molecule has 3 saturated carbocycles. The van der Waals surface area contributed by atoms with Crippen LogP contribution in [-0.4, -0.2) is 0 Å². The Balaban J connectivity index is 1.90. The van der Waals surface area contributed by atoms with E-state index in [4.69, 9.17) is 6.42 Å². The van der Waals surface area contributed by atoms with Crippen LogP contribution in [0.3, 0.4) is 0 Å². The first-order valence-corrected chi connectivity index (χ1v) is 4.33. The van der Waals surface area contributed by atoms with Gasteiger partial charge in [0.05, 0.1) is 0 Å². The van der Waals surface area contributed by atoms with Crippen molar-refractivity contribution in [2.75, 3.05) is 0 Å². The molecule has 0 aromatic heterocycles. The molecule has 4 atom stereocenters. The summed E-state index contributed by atoms with van der Waals surface area (Å²) >= 11 is 0.